The maximum atomic E-state index is 12.7. The van der Waals surface area contributed by atoms with Gasteiger partial charge in [-0.25, -0.2) is 4.79 Å². The van der Waals surface area contributed by atoms with Crippen LogP contribution in [0, 0.1) is 0 Å². The maximum absolute atomic E-state index is 12.7. The van der Waals surface area contributed by atoms with Crippen molar-refractivity contribution in [3.63, 3.8) is 0 Å². The van der Waals surface area contributed by atoms with E-state index in [0.29, 0.717) is 27.0 Å². The van der Waals surface area contributed by atoms with Crippen molar-refractivity contribution in [3.05, 3.63) is 75.7 Å². The second-order valence-corrected chi connectivity index (χ2v) is 5.17. The molecule has 0 fully saturated rings. The molecule has 0 radical (unpaired) electrons. The Kier molecular flexibility index (Phi) is 3.69. The van der Waals surface area contributed by atoms with Crippen LogP contribution in [0.5, 0.6) is 0 Å². The molecule has 1 heterocycles. The molecule has 0 saturated carbocycles. The van der Waals surface area contributed by atoms with Gasteiger partial charge in [-0.05, 0) is 24.3 Å². The maximum Gasteiger partial charge on any atom is 0.340 e. The highest BCUT2D eigenvalue weighted by Gasteiger charge is 2.16. The lowest BCUT2D eigenvalue weighted by atomic mass is 10.1. The molecule has 0 aliphatic heterocycles. The Bertz CT molecular complexity index is 916. The molecular weight excluding hydrogens is 302 g/mol. The van der Waals surface area contributed by atoms with E-state index in [2.05, 4.69) is 0 Å². The van der Waals surface area contributed by atoms with Gasteiger partial charge in [-0.15, -0.1) is 0 Å². The third-order valence-electron chi connectivity index (χ3n) is 3.42. The number of rotatable bonds is 2. The molecule has 5 heteroatoms. The average Bonchev–Trinajstić information content (AvgIpc) is 2.55. The minimum atomic E-state index is -0.503. The third-order valence-corrected chi connectivity index (χ3v) is 3.65. The normalized spacial score (nSPS) is 10.6. The summed E-state index contributed by atoms with van der Waals surface area (Å²) in [7, 11) is 1.31. The lowest BCUT2D eigenvalue weighted by Gasteiger charge is -2.11. The predicted molar refractivity (Wildman–Crippen MR) is 85.9 cm³/mol. The highest BCUT2D eigenvalue weighted by molar-refractivity contribution is 6.31. The first-order chi connectivity index (χ1) is 10.6. The number of nitrogens with zero attached hydrogens (tertiary/aromatic N) is 1. The van der Waals surface area contributed by atoms with Crippen LogP contribution in [0.4, 0.5) is 0 Å². The molecule has 2 aromatic carbocycles. The summed E-state index contributed by atoms with van der Waals surface area (Å²) in [5, 5.41) is 1.33. The van der Waals surface area contributed by atoms with Crippen LogP contribution in [0.1, 0.15) is 10.4 Å². The van der Waals surface area contributed by atoms with Crippen LogP contribution in [0.25, 0.3) is 16.5 Å². The number of halogens is 1. The van der Waals surface area contributed by atoms with Crippen molar-refractivity contribution in [2.45, 2.75) is 0 Å². The smallest absolute Gasteiger partial charge is 0.340 e. The fraction of sp³-hybridized carbons (Fsp3) is 0.0588. The molecule has 110 valence electrons. The van der Waals surface area contributed by atoms with E-state index in [4.69, 9.17) is 16.3 Å². The van der Waals surface area contributed by atoms with Crippen LogP contribution < -0.4 is 5.56 Å². The molecule has 3 rings (SSSR count). The molecule has 22 heavy (non-hydrogen) atoms. The Morgan fingerprint density at radius 3 is 2.50 bits per heavy atom. The number of hydrogen-bond donors (Lipinski definition) is 0. The zero-order valence-corrected chi connectivity index (χ0v) is 12.5. The summed E-state index contributed by atoms with van der Waals surface area (Å²) in [5.41, 5.74) is 0.744. The summed E-state index contributed by atoms with van der Waals surface area (Å²) in [4.78, 5) is 24.7. The summed E-state index contributed by atoms with van der Waals surface area (Å²) in [6.45, 7) is 0. The first kappa shape index (κ1) is 14.4. The lowest BCUT2D eigenvalue weighted by Crippen LogP contribution is -2.20. The number of methoxy groups -OCH3 is 1. The number of ether oxygens (including phenoxy) is 1. The second-order valence-electron chi connectivity index (χ2n) is 4.73. The Labute approximate surface area is 131 Å². The summed E-state index contributed by atoms with van der Waals surface area (Å²) in [6.07, 6.45) is 1.50. The second kappa shape index (κ2) is 5.66. The predicted octanol–water partition coefficient (Wildman–Crippen LogP) is 3.43. The van der Waals surface area contributed by atoms with Gasteiger partial charge in [0.2, 0.25) is 0 Å². The summed E-state index contributed by atoms with van der Waals surface area (Å²) in [6, 6.07) is 13.9. The largest absolute Gasteiger partial charge is 0.465 e. The van der Waals surface area contributed by atoms with E-state index < -0.39 is 5.97 Å². The zero-order chi connectivity index (χ0) is 15.7. The van der Waals surface area contributed by atoms with Gasteiger partial charge >= 0.3 is 5.97 Å². The first-order valence-electron chi connectivity index (χ1n) is 6.60. The van der Waals surface area contributed by atoms with Crippen LogP contribution in [-0.4, -0.2) is 17.6 Å². The van der Waals surface area contributed by atoms with Crippen LogP contribution in [0.15, 0.2) is 59.5 Å². The van der Waals surface area contributed by atoms with Gasteiger partial charge in [-0.2, -0.15) is 0 Å². The number of esters is 1. The topological polar surface area (TPSA) is 48.3 Å². The summed E-state index contributed by atoms with van der Waals surface area (Å²) in [5.74, 6) is -0.503. The minimum absolute atomic E-state index is 0.239. The van der Waals surface area contributed by atoms with Gasteiger partial charge in [-0.3, -0.25) is 9.36 Å². The lowest BCUT2D eigenvalue weighted by molar-refractivity contribution is 0.0602. The molecule has 0 N–H and O–H groups in total. The zero-order valence-electron chi connectivity index (χ0n) is 11.7. The molecule has 0 amide bonds. The minimum Gasteiger partial charge on any atom is -0.465 e. The first-order valence-corrected chi connectivity index (χ1v) is 6.98. The number of benzene rings is 2. The number of pyridine rings is 1. The van der Waals surface area contributed by atoms with Crippen LogP contribution in [0.3, 0.4) is 0 Å². The van der Waals surface area contributed by atoms with Gasteiger partial charge < -0.3 is 4.74 Å². The van der Waals surface area contributed by atoms with Gasteiger partial charge in [0.05, 0.1) is 12.7 Å². The molecule has 0 unspecified atom stereocenters. The van der Waals surface area contributed by atoms with Gasteiger partial charge in [0.1, 0.15) is 0 Å². The van der Waals surface area contributed by atoms with E-state index in [1.165, 1.54) is 17.9 Å². The number of carbonyl (C=O) groups excluding carboxylic acids is 1. The third kappa shape index (κ3) is 2.38. The van der Waals surface area contributed by atoms with Gasteiger partial charge in [0.15, 0.2) is 0 Å². The van der Waals surface area contributed by atoms with E-state index in [1.807, 2.05) is 18.2 Å². The number of hydrogen-bond acceptors (Lipinski definition) is 3. The Morgan fingerprint density at radius 2 is 1.82 bits per heavy atom. The van der Waals surface area contributed by atoms with Crippen LogP contribution in [-0.2, 0) is 4.74 Å². The average molecular weight is 314 g/mol. The molecule has 1 aromatic heterocycles. The highest BCUT2D eigenvalue weighted by Crippen LogP contribution is 2.22. The van der Waals surface area contributed by atoms with Crippen molar-refractivity contribution >= 4 is 28.3 Å². The van der Waals surface area contributed by atoms with Crippen molar-refractivity contribution in [1.29, 1.82) is 0 Å². The number of carbonyl (C=O) groups is 1. The number of fused-ring (bicyclic) bond motifs is 1. The van der Waals surface area contributed by atoms with E-state index in [9.17, 15) is 9.59 Å². The van der Waals surface area contributed by atoms with Crippen molar-refractivity contribution in [3.8, 4) is 5.69 Å². The summed E-state index contributed by atoms with van der Waals surface area (Å²) < 4.78 is 6.24. The van der Waals surface area contributed by atoms with E-state index >= 15 is 0 Å². The molecule has 0 aliphatic carbocycles. The fourth-order valence-electron chi connectivity index (χ4n) is 2.37. The van der Waals surface area contributed by atoms with Crippen LogP contribution >= 0.6 is 11.6 Å². The molecular formula is C17H12ClNO3. The van der Waals surface area contributed by atoms with Crippen molar-refractivity contribution in [1.82, 2.24) is 4.57 Å². The van der Waals surface area contributed by atoms with Crippen molar-refractivity contribution in [2.75, 3.05) is 7.11 Å². The Balaban J connectivity index is 2.42. The summed E-state index contributed by atoms with van der Waals surface area (Å²) >= 11 is 5.99. The Hall–Kier alpha value is -2.59. The van der Waals surface area contributed by atoms with E-state index in [1.54, 1.807) is 30.3 Å². The van der Waals surface area contributed by atoms with E-state index in [0.717, 1.165) is 0 Å². The fourth-order valence-corrected chi connectivity index (χ4v) is 2.54. The van der Waals surface area contributed by atoms with Crippen LogP contribution in [0.2, 0.25) is 5.02 Å². The number of aromatic nitrogens is 1. The SMILES string of the molecule is COC(=O)c1cn(-c2ccccc2)c(=O)c2cc(Cl)ccc12. The number of para-hydroxylation sites is 1. The monoisotopic (exact) mass is 313 g/mol. The molecule has 0 aliphatic rings. The van der Waals surface area contributed by atoms with Crippen molar-refractivity contribution < 1.29 is 9.53 Å². The molecule has 0 bridgehead atoms. The van der Waals surface area contributed by atoms with E-state index in [-0.39, 0.29) is 5.56 Å². The molecule has 0 saturated heterocycles. The Morgan fingerprint density at radius 1 is 1.09 bits per heavy atom. The molecule has 0 atom stereocenters. The molecule has 0 spiro atoms. The molecule has 3 aromatic rings. The highest BCUT2D eigenvalue weighted by atomic mass is 35.5. The van der Waals surface area contributed by atoms with Gasteiger partial charge in [-0.1, -0.05) is 35.9 Å². The standard InChI is InChI=1S/C17H12ClNO3/c1-22-17(21)15-10-19(12-5-3-2-4-6-12)16(20)14-9-11(18)7-8-13(14)15/h2-10H,1H3. The molecule has 4 nitrogen and oxygen atoms in total. The quantitative estimate of drug-likeness (QED) is 0.681. The van der Waals surface area contributed by atoms with Gasteiger partial charge in [0.25, 0.3) is 5.56 Å². The van der Waals surface area contributed by atoms with Gasteiger partial charge in [0, 0.05) is 27.7 Å². The van der Waals surface area contributed by atoms with Crippen molar-refractivity contribution in [2.24, 2.45) is 0 Å².